The molecule has 1 aliphatic carbocycles. The molecule has 190 valence electrons. The van der Waals surface area contributed by atoms with E-state index in [1.54, 1.807) is 18.2 Å². The molecule has 2 saturated heterocycles. The molecule has 1 saturated carbocycles. The summed E-state index contributed by atoms with van der Waals surface area (Å²) >= 11 is 0. The van der Waals surface area contributed by atoms with Crippen LogP contribution in [0.1, 0.15) is 85.3 Å². The molecule has 4 rings (SSSR count). The summed E-state index contributed by atoms with van der Waals surface area (Å²) in [4.78, 5) is 12.4. The van der Waals surface area contributed by atoms with Gasteiger partial charge < -0.3 is 19.3 Å². The van der Waals surface area contributed by atoms with Crippen LogP contribution in [0.25, 0.3) is 6.08 Å². The number of phenolic OH excluding ortho intramolecular Hbond substituents is 1. The van der Waals surface area contributed by atoms with E-state index in [2.05, 4.69) is 26.8 Å². The standard InChI is InChI=1S/C25H32O5.2C2H6/c1-16(2)5-7-22-24(4,30-22)21-14-20(9-10-25(21)15-28-25)29-23(27)8-6-18-11-17(3)12-19(26)13-18;2*1-2/h5-6,8,11-13,20-22,26H,7,9-10,14-15H2,1-4H3;2*1-2H3/b8-6+;;/t20-,21?,22?,24?,25?;;/m1../s1. The first-order valence-electron chi connectivity index (χ1n) is 12.8. The summed E-state index contributed by atoms with van der Waals surface area (Å²) in [7, 11) is 0. The number of rotatable bonds is 6. The lowest BCUT2D eigenvalue weighted by atomic mass is 9.70. The van der Waals surface area contributed by atoms with Crippen LogP contribution in [-0.4, -0.2) is 41.1 Å². The number of carbonyl (C=O) groups excluding carboxylic acids is 1. The van der Waals surface area contributed by atoms with Crippen molar-refractivity contribution in [2.45, 2.75) is 104 Å². The highest BCUT2D eigenvalue weighted by atomic mass is 16.6. The molecule has 1 N–H and O–H groups in total. The van der Waals surface area contributed by atoms with Crippen LogP contribution >= 0.6 is 0 Å². The Morgan fingerprint density at radius 1 is 1.21 bits per heavy atom. The lowest BCUT2D eigenvalue weighted by Gasteiger charge is -2.36. The number of aryl methyl sites for hydroxylation is 1. The van der Waals surface area contributed by atoms with Gasteiger partial charge in [-0.25, -0.2) is 4.79 Å². The Bertz CT molecular complexity index is 858. The highest BCUT2D eigenvalue weighted by molar-refractivity contribution is 5.87. The van der Waals surface area contributed by atoms with Gasteiger partial charge in [-0.05, 0) is 82.7 Å². The van der Waals surface area contributed by atoms with E-state index < -0.39 is 0 Å². The number of ether oxygens (including phenoxy) is 3. The van der Waals surface area contributed by atoms with Crippen LogP contribution < -0.4 is 0 Å². The second-order valence-electron chi connectivity index (χ2n) is 9.48. The van der Waals surface area contributed by atoms with Crippen LogP contribution in [-0.2, 0) is 19.0 Å². The number of carbonyl (C=O) groups is 1. The first-order chi connectivity index (χ1) is 16.2. The maximum absolute atomic E-state index is 12.4. The number of esters is 1. The van der Waals surface area contributed by atoms with E-state index in [1.807, 2.05) is 40.7 Å². The van der Waals surface area contributed by atoms with Gasteiger partial charge in [0, 0.05) is 12.0 Å². The third-order valence-corrected chi connectivity index (χ3v) is 6.73. The SMILES string of the molecule is CC.CC.CC(C)=CCC1OC1(C)C1C[C@H](OC(=O)/C=C/c2cc(C)cc(O)c2)CCC12CO2. The van der Waals surface area contributed by atoms with E-state index >= 15 is 0 Å². The molecule has 1 aromatic carbocycles. The van der Waals surface area contributed by atoms with Crippen molar-refractivity contribution in [3.05, 3.63) is 47.1 Å². The van der Waals surface area contributed by atoms with Crippen LogP contribution in [0.3, 0.4) is 0 Å². The Kier molecular flexibility index (Phi) is 9.96. The number of hydrogen-bond acceptors (Lipinski definition) is 5. The van der Waals surface area contributed by atoms with Gasteiger partial charge in [-0.3, -0.25) is 0 Å². The van der Waals surface area contributed by atoms with Gasteiger partial charge in [0.25, 0.3) is 0 Å². The zero-order valence-corrected chi connectivity index (χ0v) is 22.3. The molecule has 4 unspecified atom stereocenters. The van der Waals surface area contributed by atoms with Crippen LogP contribution in [0.2, 0.25) is 0 Å². The van der Waals surface area contributed by atoms with Crippen molar-refractivity contribution in [1.82, 2.24) is 0 Å². The van der Waals surface area contributed by atoms with E-state index in [9.17, 15) is 9.90 Å². The van der Waals surface area contributed by atoms with Gasteiger partial charge in [-0.15, -0.1) is 0 Å². The smallest absolute Gasteiger partial charge is 0.331 e. The van der Waals surface area contributed by atoms with Crippen molar-refractivity contribution >= 4 is 12.0 Å². The quantitative estimate of drug-likeness (QED) is 0.214. The second-order valence-corrected chi connectivity index (χ2v) is 9.48. The normalized spacial score (nSPS) is 31.0. The predicted molar refractivity (Wildman–Crippen MR) is 138 cm³/mol. The molecule has 1 aromatic rings. The van der Waals surface area contributed by atoms with Crippen molar-refractivity contribution in [1.29, 1.82) is 0 Å². The molecule has 0 amide bonds. The molecular weight excluding hydrogens is 428 g/mol. The van der Waals surface area contributed by atoms with Gasteiger partial charge in [0.1, 0.15) is 11.9 Å². The topological polar surface area (TPSA) is 71.6 Å². The Morgan fingerprint density at radius 3 is 2.47 bits per heavy atom. The molecule has 34 heavy (non-hydrogen) atoms. The minimum atomic E-state index is -0.352. The van der Waals surface area contributed by atoms with Crippen LogP contribution in [0.5, 0.6) is 5.75 Å². The number of epoxide rings is 2. The first kappa shape index (κ1) is 28.1. The zero-order chi connectivity index (χ0) is 25.5. The van der Waals surface area contributed by atoms with Crippen LogP contribution in [0.15, 0.2) is 35.9 Å². The number of hydrogen-bond donors (Lipinski definition) is 1. The van der Waals surface area contributed by atoms with Crippen LogP contribution in [0, 0.1) is 12.8 Å². The molecule has 2 aliphatic heterocycles. The molecule has 1 spiro atoms. The number of allylic oxidation sites excluding steroid dienone is 1. The highest BCUT2D eigenvalue weighted by Crippen LogP contribution is 2.59. The summed E-state index contributed by atoms with van der Waals surface area (Å²) in [5.41, 5.74) is 2.72. The lowest BCUT2D eigenvalue weighted by Crippen LogP contribution is -2.44. The lowest BCUT2D eigenvalue weighted by molar-refractivity contribution is -0.147. The maximum atomic E-state index is 12.4. The van der Waals surface area contributed by atoms with Gasteiger partial charge in [-0.2, -0.15) is 0 Å². The Hall–Kier alpha value is -2.11. The maximum Gasteiger partial charge on any atom is 0.331 e. The first-order valence-corrected chi connectivity index (χ1v) is 12.8. The van der Waals surface area contributed by atoms with Gasteiger partial charge >= 0.3 is 5.97 Å². The van der Waals surface area contributed by atoms with Gasteiger partial charge in [0.15, 0.2) is 0 Å². The molecule has 3 aliphatic rings. The third-order valence-electron chi connectivity index (χ3n) is 6.73. The van der Waals surface area contributed by atoms with E-state index in [4.69, 9.17) is 14.2 Å². The number of phenols is 1. The summed E-state index contributed by atoms with van der Waals surface area (Å²) in [6.07, 6.45) is 8.84. The molecule has 0 bridgehead atoms. The minimum Gasteiger partial charge on any atom is -0.508 e. The largest absolute Gasteiger partial charge is 0.508 e. The van der Waals surface area contributed by atoms with Gasteiger partial charge in [-0.1, -0.05) is 45.4 Å². The summed E-state index contributed by atoms with van der Waals surface area (Å²) in [5, 5.41) is 9.70. The van der Waals surface area contributed by atoms with E-state index in [0.29, 0.717) is 0 Å². The molecule has 0 radical (unpaired) electrons. The van der Waals surface area contributed by atoms with Crippen molar-refractivity contribution in [2.24, 2.45) is 5.92 Å². The Labute approximate surface area is 206 Å². The molecule has 5 heteroatoms. The fourth-order valence-corrected chi connectivity index (χ4v) is 4.94. The van der Waals surface area contributed by atoms with Gasteiger partial charge in [0.05, 0.1) is 23.9 Å². The highest BCUT2D eigenvalue weighted by Gasteiger charge is 2.68. The number of aromatic hydroxyl groups is 1. The summed E-state index contributed by atoms with van der Waals surface area (Å²) in [6, 6.07) is 5.21. The fraction of sp³-hybridized carbons (Fsp3) is 0.621. The Balaban J connectivity index is 0.000000970. The molecule has 0 aromatic heterocycles. The van der Waals surface area contributed by atoms with Crippen molar-refractivity contribution in [3.8, 4) is 5.75 Å². The fourth-order valence-electron chi connectivity index (χ4n) is 4.94. The minimum absolute atomic E-state index is 0.0910. The third kappa shape index (κ3) is 6.96. The summed E-state index contributed by atoms with van der Waals surface area (Å²) in [6.45, 7) is 17.1. The predicted octanol–water partition coefficient (Wildman–Crippen LogP) is 6.76. The molecular formula is C29H44O5. The van der Waals surface area contributed by atoms with Gasteiger partial charge in [0.2, 0.25) is 0 Å². The Morgan fingerprint density at radius 2 is 1.88 bits per heavy atom. The van der Waals surface area contributed by atoms with Crippen LogP contribution in [0.4, 0.5) is 0 Å². The van der Waals surface area contributed by atoms with E-state index in [0.717, 1.165) is 43.4 Å². The molecule has 5 atom stereocenters. The monoisotopic (exact) mass is 472 g/mol. The van der Waals surface area contributed by atoms with E-state index in [1.165, 1.54) is 11.6 Å². The molecule has 2 heterocycles. The van der Waals surface area contributed by atoms with E-state index in [-0.39, 0.29) is 41.0 Å². The number of benzene rings is 1. The summed E-state index contributed by atoms with van der Waals surface area (Å²) < 4.78 is 17.8. The zero-order valence-electron chi connectivity index (χ0n) is 22.3. The van der Waals surface area contributed by atoms with Crippen molar-refractivity contribution < 1.29 is 24.1 Å². The van der Waals surface area contributed by atoms with Crippen molar-refractivity contribution in [3.63, 3.8) is 0 Å². The summed E-state index contributed by atoms with van der Waals surface area (Å²) in [5.74, 6) is 0.0772. The second kappa shape index (κ2) is 12.0. The average molecular weight is 473 g/mol. The average Bonchev–Trinajstić information content (AvgIpc) is 3.72. The molecule has 3 fully saturated rings. The molecule has 5 nitrogen and oxygen atoms in total. The van der Waals surface area contributed by atoms with Crippen molar-refractivity contribution in [2.75, 3.05) is 6.61 Å².